The van der Waals surface area contributed by atoms with E-state index in [2.05, 4.69) is 25.8 Å². The standard InChI is InChI=1S/C14H24N2O/c1-4-12(15)14(17-10-8-11(2)3)13-7-5-6-9-16-13/h5-7,9,11-12,14H,4,8,10,15H2,1-3H3. The molecule has 0 aliphatic rings. The van der Waals surface area contributed by atoms with E-state index in [1.165, 1.54) is 0 Å². The fraction of sp³-hybridized carbons (Fsp3) is 0.643. The van der Waals surface area contributed by atoms with Crippen LogP contribution in [0.25, 0.3) is 0 Å². The quantitative estimate of drug-likeness (QED) is 0.792. The van der Waals surface area contributed by atoms with E-state index < -0.39 is 0 Å². The number of hydrogen-bond donors (Lipinski definition) is 1. The van der Waals surface area contributed by atoms with E-state index in [9.17, 15) is 0 Å². The Kier molecular flexibility index (Phi) is 6.16. The van der Waals surface area contributed by atoms with Crippen LogP contribution in [0.4, 0.5) is 0 Å². The smallest absolute Gasteiger partial charge is 0.114 e. The molecule has 3 heteroatoms. The van der Waals surface area contributed by atoms with Crippen molar-refractivity contribution in [1.82, 2.24) is 4.98 Å². The summed E-state index contributed by atoms with van der Waals surface area (Å²) >= 11 is 0. The Labute approximate surface area is 104 Å². The van der Waals surface area contributed by atoms with Crippen molar-refractivity contribution in [3.8, 4) is 0 Å². The van der Waals surface area contributed by atoms with E-state index in [4.69, 9.17) is 10.5 Å². The topological polar surface area (TPSA) is 48.1 Å². The van der Waals surface area contributed by atoms with Gasteiger partial charge in [-0.15, -0.1) is 0 Å². The zero-order valence-electron chi connectivity index (χ0n) is 11.1. The highest BCUT2D eigenvalue weighted by atomic mass is 16.5. The minimum atomic E-state index is -0.0834. The van der Waals surface area contributed by atoms with Crippen molar-refractivity contribution in [2.75, 3.05) is 6.61 Å². The van der Waals surface area contributed by atoms with E-state index >= 15 is 0 Å². The van der Waals surface area contributed by atoms with Crippen LogP contribution in [0.15, 0.2) is 24.4 Å². The van der Waals surface area contributed by atoms with Crippen LogP contribution in [0.2, 0.25) is 0 Å². The van der Waals surface area contributed by atoms with Gasteiger partial charge in [-0.05, 0) is 30.9 Å². The first kappa shape index (κ1) is 14.1. The second kappa shape index (κ2) is 7.41. The van der Waals surface area contributed by atoms with Gasteiger partial charge in [0.1, 0.15) is 6.10 Å². The van der Waals surface area contributed by atoms with Crippen LogP contribution in [0.3, 0.4) is 0 Å². The molecule has 0 saturated heterocycles. The van der Waals surface area contributed by atoms with Gasteiger partial charge in [-0.25, -0.2) is 0 Å². The molecule has 17 heavy (non-hydrogen) atoms. The number of hydrogen-bond acceptors (Lipinski definition) is 3. The summed E-state index contributed by atoms with van der Waals surface area (Å²) in [7, 11) is 0. The van der Waals surface area contributed by atoms with E-state index in [0.29, 0.717) is 5.92 Å². The molecule has 1 aromatic heterocycles. The van der Waals surface area contributed by atoms with Gasteiger partial charge >= 0.3 is 0 Å². The molecule has 0 radical (unpaired) electrons. The number of rotatable bonds is 7. The fourth-order valence-electron chi connectivity index (χ4n) is 1.62. The Morgan fingerprint density at radius 2 is 2.12 bits per heavy atom. The number of pyridine rings is 1. The number of nitrogens with zero attached hydrogens (tertiary/aromatic N) is 1. The van der Waals surface area contributed by atoms with Crippen molar-refractivity contribution < 1.29 is 4.74 Å². The van der Waals surface area contributed by atoms with Crippen molar-refractivity contribution in [3.05, 3.63) is 30.1 Å². The van der Waals surface area contributed by atoms with E-state index in [1.807, 2.05) is 18.2 Å². The summed E-state index contributed by atoms with van der Waals surface area (Å²) in [6, 6.07) is 5.88. The maximum absolute atomic E-state index is 6.10. The van der Waals surface area contributed by atoms with Crippen LogP contribution < -0.4 is 5.73 Å². The van der Waals surface area contributed by atoms with E-state index in [1.54, 1.807) is 6.20 Å². The van der Waals surface area contributed by atoms with Crippen molar-refractivity contribution in [3.63, 3.8) is 0 Å². The molecule has 1 aromatic rings. The third-order valence-electron chi connectivity index (χ3n) is 2.83. The van der Waals surface area contributed by atoms with Crippen LogP contribution in [-0.2, 0) is 4.74 Å². The molecule has 0 bridgehead atoms. The van der Waals surface area contributed by atoms with Gasteiger partial charge in [0.05, 0.1) is 5.69 Å². The highest BCUT2D eigenvalue weighted by Gasteiger charge is 2.20. The molecule has 0 spiro atoms. The summed E-state index contributed by atoms with van der Waals surface area (Å²) in [4.78, 5) is 4.34. The molecule has 1 rings (SSSR count). The summed E-state index contributed by atoms with van der Waals surface area (Å²) in [5.41, 5.74) is 7.04. The third kappa shape index (κ3) is 4.84. The average molecular weight is 236 g/mol. The maximum atomic E-state index is 6.10. The predicted octanol–water partition coefficient (Wildman–Crippen LogP) is 2.92. The SMILES string of the molecule is CCC(N)C(OCCC(C)C)c1ccccn1. The third-order valence-corrected chi connectivity index (χ3v) is 2.83. The minimum absolute atomic E-state index is 0.0112. The molecular weight excluding hydrogens is 212 g/mol. The number of ether oxygens (including phenoxy) is 1. The van der Waals surface area contributed by atoms with Crippen LogP contribution in [0.1, 0.15) is 45.4 Å². The summed E-state index contributed by atoms with van der Waals surface area (Å²) in [6.07, 6.45) is 3.65. The molecular formula is C14H24N2O. The van der Waals surface area contributed by atoms with Gasteiger partial charge in [-0.1, -0.05) is 26.8 Å². The van der Waals surface area contributed by atoms with Crippen LogP contribution >= 0.6 is 0 Å². The first-order valence-corrected chi connectivity index (χ1v) is 6.43. The lowest BCUT2D eigenvalue weighted by Gasteiger charge is -2.23. The van der Waals surface area contributed by atoms with Gasteiger partial charge in [-0.3, -0.25) is 4.98 Å². The van der Waals surface area contributed by atoms with Crippen molar-refractivity contribution in [2.24, 2.45) is 11.7 Å². The lowest BCUT2D eigenvalue weighted by Crippen LogP contribution is -2.30. The highest BCUT2D eigenvalue weighted by Crippen LogP contribution is 2.20. The van der Waals surface area contributed by atoms with Crippen molar-refractivity contribution in [1.29, 1.82) is 0 Å². The van der Waals surface area contributed by atoms with Gasteiger partial charge in [0.15, 0.2) is 0 Å². The van der Waals surface area contributed by atoms with E-state index in [-0.39, 0.29) is 12.1 Å². The normalized spacial score (nSPS) is 14.9. The second-order valence-electron chi connectivity index (χ2n) is 4.80. The Hall–Kier alpha value is -0.930. The Morgan fingerprint density at radius 3 is 2.65 bits per heavy atom. The van der Waals surface area contributed by atoms with Crippen LogP contribution in [0, 0.1) is 5.92 Å². The predicted molar refractivity (Wildman–Crippen MR) is 70.7 cm³/mol. The molecule has 2 N–H and O–H groups in total. The van der Waals surface area contributed by atoms with Gasteiger partial charge in [0.25, 0.3) is 0 Å². The summed E-state index contributed by atoms with van der Waals surface area (Å²) in [5.74, 6) is 0.650. The van der Waals surface area contributed by atoms with Crippen molar-refractivity contribution in [2.45, 2.75) is 45.8 Å². The molecule has 2 atom stereocenters. The Bertz CT molecular complexity index is 300. The molecule has 0 amide bonds. The molecule has 3 nitrogen and oxygen atoms in total. The molecule has 0 aromatic carbocycles. The van der Waals surface area contributed by atoms with Gasteiger partial charge in [-0.2, -0.15) is 0 Å². The Balaban J connectivity index is 2.61. The van der Waals surface area contributed by atoms with Crippen molar-refractivity contribution >= 4 is 0 Å². The van der Waals surface area contributed by atoms with Crippen LogP contribution in [-0.4, -0.2) is 17.6 Å². The number of nitrogens with two attached hydrogens (primary N) is 1. The average Bonchev–Trinajstić information content (AvgIpc) is 2.34. The first-order chi connectivity index (χ1) is 8.15. The summed E-state index contributed by atoms with van der Waals surface area (Å²) in [5, 5.41) is 0. The molecule has 1 heterocycles. The zero-order chi connectivity index (χ0) is 12.7. The summed E-state index contributed by atoms with van der Waals surface area (Å²) in [6.45, 7) is 7.21. The zero-order valence-corrected chi connectivity index (χ0v) is 11.1. The van der Waals surface area contributed by atoms with E-state index in [0.717, 1.165) is 25.1 Å². The van der Waals surface area contributed by atoms with Gasteiger partial charge in [0.2, 0.25) is 0 Å². The molecule has 2 unspecified atom stereocenters. The summed E-state index contributed by atoms with van der Waals surface area (Å²) < 4.78 is 5.90. The number of aromatic nitrogens is 1. The molecule has 0 aliphatic carbocycles. The first-order valence-electron chi connectivity index (χ1n) is 6.43. The molecule has 0 aliphatic heterocycles. The molecule has 96 valence electrons. The minimum Gasteiger partial charge on any atom is -0.370 e. The lowest BCUT2D eigenvalue weighted by molar-refractivity contribution is 0.0248. The fourth-order valence-corrected chi connectivity index (χ4v) is 1.62. The van der Waals surface area contributed by atoms with Gasteiger partial charge in [0, 0.05) is 18.8 Å². The monoisotopic (exact) mass is 236 g/mol. The molecule has 0 fully saturated rings. The highest BCUT2D eigenvalue weighted by molar-refractivity contribution is 5.09. The maximum Gasteiger partial charge on any atom is 0.114 e. The Morgan fingerprint density at radius 1 is 1.35 bits per heavy atom. The molecule has 0 saturated carbocycles. The lowest BCUT2D eigenvalue weighted by atomic mass is 10.1. The van der Waals surface area contributed by atoms with Crippen LogP contribution in [0.5, 0.6) is 0 Å². The second-order valence-corrected chi connectivity index (χ2v) is 4.80. The largest absolute Gasteiger partial charge is 0.370 e. The van der Waals surface area contributed by atoms with Gasteiger partial charge < -0.3 is 10.5 Å².